The second-order valence-corrected chi connectivity index (χ2v) is 8.59. The van der Waals surface area contributed by atoms with Crippen LogP contribution in [-0.4, -0.2) is 57.6 Å². The van der Waals surface area contributed by atoms with E-state index in [-0.39, 0.29) is 11.7 Å². The summed E-state index contributed by atoms with van der Waals surface area (Å²) in [6.45, 7) is 8.92. The van der Waals surface area contributed by atoms with Crippen LogP contribution < -0.4 is 19.9 Å². The number of aryl methyl sites for hydroxylation is 1. The van der Waals surface area contributed by atoms with Crippen molar-refractivity contribution in [3.05, 3.63) is 65.2 Å². The maximum Gasteiger partial charge on any atom is 0.275 e. The first-order valence-electron chi connectivity index (χ1n) is 11.1. The molecular weight excluding hydrogens is 390 g/mol. The van der Waals surface area contributed by atoms with Crippen LogP contribution in [0.25, 0.3) is 0 Å². The summed E-state index contributed by atoms with van der Waals surface area (Å²) in [5, 5.41) is 2.95. The van der Waals surface area contributed by atoms with Crippen molar-refractivity contribution < 1.29 is 24.1 Å². The maximum absolute atomic E-state index is 12.6. The maximum atomic E-state index is 12.6. The Balaban J connectivity index is 1.47. The molecule has 166 valence electrons. The topological polar surface area (TPSA) is 64.3 Å². The van der Waals surface area contributed by atoms with E-state index in [4.69, 9.17) is 4.74 Å². The first-order valence-corrected chi connectivity index (χ1v) is 11.1. The van der Waals surface area contributed by atoms with E-state index in [0.29, 0.717) is 13.0 Å². The lowest BCUT2D eigenvalue weighted by Crippen LogP contribution is -3.28. The fraction of sp³-hybridized carbons (Fsp3) is 0.440. The number of benzene rings is 2. The zero-order chi connectivity index (χ0) is 22.2. The van der Waals surface area contributed by atoms with Crippen LogP contribution in [0.15, 0.2) is 48.5 Å². The molecule has 1 aliphatic rings. The Bertz CT molecular complexity index is 877. The third-order valence-electron chi connectivity index (χ3n) is 6.06. The number of rotatable bonds is 9. The Kier molecular flexibility index (Phi) is 8.20. The molecule has 1 atom stereocenters. The molecule has 1 aliphatic heterocycles. The Labute approximate surface area is 185 Å². The number of piperazine rings is 1. The third-order valence-corrected chi connectivity index (χ3v) is 6.06. The van der Waals surface area contributed by atoms with Crippen LogP contribution in [0.4, 0.5) is 0 Å². The minimum atomic E-state index is -0.463. The lowest BCUT2D eigenvalue weighted by atomic mass is 10.0. The number of methoxy groups -OCH3 is 1. The summed E-state index contributed by atoms with van der Waals surface area (Å²) in [4.78, 5) is 27.4. The van der Waals surface area contributed by atoms with E-state index in [1.807, 2.05) is 36.4 Å². The smallest absolute Gasteiger partial charge is 0.275 e. The highest BCUT2D eigenvalue weighted by atomic mass is 16.5. The van der Waals surface area contributed by atoms with Crippen LogP contribution >= 0.6 is 0 Å². The minimum Gasteiger partial charge on any atom is -0.496 e. The Hall–Kier alpha value is -2.70. The first-order chi connectivity index (χ1) is 14.9. The summed E-state index contributed by atoms with van der Waals surface area (Å²) < 4.78 is 5.52. The molecule has 2 aromatic rings. The highest BCUT2D eigenvalue weighted by molar-refractivity contribution is 5.88. The zero-order valence-corrected chi connectivity index (χ0v) is 18.9. The molecule has 2 aromatic carbocycles. The van der Waals surface area contributed by atoms with E-state index in [1.54, 1.807) is 14.0 Å². The Morgan fingerprint density at radius 2 is 1.71 bits per heavy atom. The van der Waals surface area contributed by atoms with E-state index in [2.05, 4.69) is 24.4 Å². The molecule has 31 heavy (non-hydrogen) atoms. The van der Waals surface area contributed by atoms with Crippen molar-refractivity contribution in [2.75, 3.05) is 39.8 Å². The van der Waals surface area contributed by atoms with Crippen LogP contribution in [0.1, 0.15) is 23.6 Å². The quantitative estimate of drug-likeness (QED) is 0.513. The average Bonchev–Trinajstić information content (AvgIpc) is 2.75. The summed E-state index contributed by atoms with van der Waals surface area (Å²) in [5.41, 5.74) is 3.54. The van der Waals surface area contributed by atoms with E-state index < -0.39 is 6.04 Å². The second-order valence-electron chi connectivity index (χ2n) is 8.59. The van der Waals surface area contributed by atoms with Gasteiger partial charge in [-0.2, -0.15) is 0 Å². The van der Waals surface area contributed by atoms with Gasteiger partial charge in [-0.1, -0.05) is 42.0 Å². The van der Waals surface area contributed by atoms with Gasteiger partial charge in [0.1, 0.15) is 38.5 Å². The molecule has 1 fully saturated rings. The normalized spacial score (nSPS) is 19.5. The van der Waals surface area contributed by atoms with Gasteiger partial charge in [0.15, 0.2) is 12.3 Å². The van der Waals surface area contributed by atoms with Gasteiger partial charge in [0, 0.05) is 5.56 Å². The molecule has 0 saturated carbocycles. The van der Waals surface area contributed by atoms with Gasteiger partial charge in [0.2, 0.25) is 0 Å². The van der Waals surface area contributed by atoms with Gasteiger partial charge in [-0.05, 0) is 38.0 Å². The molecule has 3 N–H and O–H groups in total. The number of ketones is 1. The number of hydrogen-bond acceptors (Lipinski definition) is 3. The Morgan fingerprint density at radius 1 is 1.03 bits per heavy atom. The van der Waals surface area contributed by atoms with Gasteiger partial charge >= 0.3 is 0 Å². The number of quaternary nitrogens is 2. The standard InChI is InChI=1S/C25H33N3O3/c1-19-9-10-24(31-3)22(15-19)17-27-11-13-28(14-12-27)18-25(30)26-23(20(2)29)16-21-7-5-4-6-8-21/h4-10,15,23H,11-14,16-18H2,1-3H3,(H,26,30)/p+2/t23-/m1/s1. The van der Waals surface area contributed by atoms with Crippen LogP contribution in [0.3, 0.4) is 0 Å². The molecule has 1 amide bonds. The summed E-state index contributed by atoms with van der Waals surface area (Å²) in [7, 11) is 1.72. The molecule has 0 spiro atoms. The van der Waals surface area contributed by atoms with Crippen molar-refractivity contribution in [2.45, 2.75) is 32.9 Å². The molecule has 6 nitrogen and oxygen atoms in total. The summed E-state index contributed by atoms with van der Waals surface area (Å²) in [5.74, 6) is 0.893. The molecule has 0 aliphatic carbocycles. The van der Waals surface area contributed by atoms with Crippen molar-refractivity contribution >= 4 is 11.7 Å². The minimum absolute atomic E-state index is 0.00595. The fourth-order valence-corrected chi connectivity index (χ4v) is 4.24. The van der Waals surface area contributed by atoms with E-state index in [1.165, 1.54) is 20.9 Å². The van der Waals surface area contributed by atoms with Gasteiger partial charge < -0.3 is 19.9 Å². The van der Waals surface area contributed by atoms with Crippen molar-refractivity contribution in [1.29, 1.82) is 0 Å². The van der Waals surface area contributed by atoms with E-state index in [9.17, 15) is 9.59 Å². The number of hydrogen-bond donors (Lipinski definition) is 3. The van der Waals surface area contributed by atoms with Crippen molar-refractivity contribution in [1.82, 2.24) is 5.32 Å². The van der Waals surface area contributed by atoms with Gasteiger partial charge in [-0.3, -0.25) is 9.59 Å². The molecule has 1 heterocycles. The summed E-state index contributed by atoms with van der Waals surface area (Å²) in [6.07, 6.45) is 0.535. The largest absolute Gasteiger partial charge is 0.496 e. The zero-order valence-electron chi connectivity index (χ0n) is 18.9. The molecule has 1 saturated heterocycles. The van der Waals surface area contributed by atoms with Crippen molar-refractivity contribution in [3.8, 4) is 5.75 Å². The van der Waals surface area contributed by atoms with Gasteiger partial charge in [-0.25, -0.2) is 0 Å². The molecule has 0 bridgehead atoms. The Morgan fingerprint density at radius 3 is 2.35 bits per heavy atom. The number of ether oxygens (including phenoxy) is 1. The van der Waals surface area contributed by atoms with Crippen molar-refractivity contribution in [2.24, 2.45) is 0 Å². The number of Topliss-reactive ketones (excluding diaryl/α,β-unsaturated/α-hetero) is 1. The highest BCUT2D eigenvalue weighted by Crippen LogP contribution is 2.18. The van der Waals surface area contributed by atoms with Crippen LogP contribution in [0.5, 0.6) is 5.75 Å². The lowest BCUT2D eigenvalue weighted by molar-refractivity contribution is -1.02. The predicted molar refractivity (Wildman–Crippen MR) is 120 cm³/mol. The average molecular weight is 426 g/mol. The molecular formula is C25H35N3O3+2. The van der Waals surface area contributed by atoms with Gasteiger partial charge in [0.25, 0.3) is 5.91 Å². The lowest BCUT2D eigenvalue weighted by Gasteiger charge is -2.30. The van der Waals surface area contributed by atoms with Crippen LogP contribution in [-0.2, 0) is 22.6 Å². The van der Waals surface area contributed by atoms with Crippen LogP contribution in [0.2, 0.25) is 0 Å². The SMILES string of the molecule is COc1ccc(C)cc1C[NH+]1CC[NH+](CC(=O)N[C@H](Cc2ccccc2)C(C)=O)CC1. The molecule has 3 rings (SSSR count). The fourth-order valence-electron chi connectivity index (χ4n) is 4.24. The second kappa shape index (κ2) is 11.1. The number of carbonyl (C=O) groups excluding carboxylic acids is 2. The van der Waals surface area contributed by atoms with Gasteiger partial charge in [0.05, 0.1) is 13.2 Å². The molecule has 0 unspecified atom stereocenters. The number of carbonyl (C=O) groups is 2. The monoisotopic (exact) mass is 425 g/mol. The van der Waals surface area contributed by atoms with Gasteiger partial charge in [-0.15, -0.1) is 0 Å². The van der Waals surface area contributed by atoms with E-state index >= 15 is 0 Å². The predicted octanol–water partition coefficient (Wildman–Crippen LogP) is -0.396. The van der Waals surface area contributed by atoms with Crippen molar-refractivity contribution in [3.63, 3.8) is 0 Å². The molecule has 0 radical (unpaired) electrons. The highest BCUT2D eigenvalue weighted by Gasteiger charge is 2.27. The van der Waals surface area contributed by atoms with Crippen LogP contribution in [0, 0.1) is 6.92 Å². The summed E-state index contributed by atoms with van der Waals surface area (Å²) >= 11 is 0. The number of amides is 1. The summed E-state index contributed by atoms with van der Waals surface area (Å²) in [6, 6.07) is 15.7. The first kappa shape index (κ1) is 23.0. The molecule has 6 heteroatoms. The van der Waals surface area contributed by atoms with E-state index in [0.717, 1.165) is 44.0 Å². The number of nitrogens with one attached hydrogen (secondary N) is 3. The molecule has 0 aromatic heterocycles. The third kappa shape index (κ3) is 6.91.